The number of ether oxygens (including phenoxy) is 1. The minimum atomic E-state index is -0.127. The molecule has 2 atom stereocenters. The van der Waals surface area contributed by atoms with Crippen LogP contribution in [-0.4, -0.2) is 15.7 Å². The van der Waals surface area contributed by atoms with Crippen LogP contribution in [0.5, 0.6) is 5.75 Å². The fourth-order valence-corrected chi connectivity index (χ4v) is 9.95. The summed E-state index contributed by atoms with van der Waals surface area (Å²) in [5, 5.41) is 8.64. The van der Waals surface area contributed by atoms with Crippen molar-refractivity contribution in [2.24, 2.45) is 0 Å². The van der Waals surface area contributed by atoms with Gasteiger partial charge >= 0.3 is 0 Å². The van der Waals surface area contributed by atoms with Crippen molar-refractivity contribution >= 4 is 87.1 Å². The van der Waals surface area contributed by atoms with Gasteiger partial charge in [-0.25, -0.2) is 4.98 Å². The standard InChI is InChI=1S/C41H24N2OS2/c1-2-10-24-19-25(18-17-23(24)9-1)29-21-37-39(38-28-13-4-7-15-34(28)44-40(29)38)42-41(46-37)43-32-14-6-3-11-26(32)30-20-31-27-12-5-8-16-35(27)45-36(31)22-33(30)43/h1-22,38,40H. The van der Waals surface area contributed by atoms with E-state index < -0.39 is 0 Å². The second-order valence-electron chi connectivity index (χ2n) is 12.3. The van der Waals surface area contributed by atoms with E-state index >= 15 is 0 Å². The molecular formula is C41H24N2OS2. The Morgan fingerprint density at radius 2 is 1.41 bits per heavy atom. The highest BCUT2D eigenvalue weighted by atomic mass is 32.1. The van der Waals surface area contributed by atoms with Crippen LogP contribution in [0.25, 0.3) is 69.5 Å². The third kappa shape index (κ3) is 3.39. The molecule has 6 aromatic carbocycles. The van der Waals surface area contributed by atoms with Gasteiger partial charge in [0.15, 0.2) is 5.13 Å². The average molecular weight is 625 g/mol. The van der Waals surface area contributed by atoms with Gasteiger partial charge in [-0.2, -0.15) is 0 Å². The number of fused-ring (bicyclic) bond motifs is 12. The minimum absolute atomic E-state index is 0.0325. The zero-order valence-corrected chi connectivity index (χ0v) is 26.1. The minimum Gasteiger partial charge on any atom is -0.484 e. The molecular weight excluding hydrogens is 601 g/mol. The Bertz CT molecular complexity index is 2760. The number of nitrogens with zero attached hydrogens (tertiary/aromatic N) is 2. The van der Waals surface area contributed by atoms with Crippen LogP contribution in [0.3, 0.4) is 0 Å². The summed E-state index contributed by atoms with van der Waals surface area (Å²) in [6.07, 6.45) is 2.21. The predicted molar refractivity (Wildman–Crippen MR) is 194 cm³/mol. The Morgan fingerprint density at radius 1 is 0.609 bits per heavy atom. The molecule has 9 aromatic rings. The summed E-state index contributed by atoms with van der Waals surface area (Å²) in [6.45, 7) is 0. The van der Waals surface area contributed by atoms with Crippen molar-refractivity contribution in [3.63, 3.8) is 0 Å². The molecule has 2 aliphatic rings. The van der Waals surface area contributed by atoms with Crippen molar-refractivity contribution in [3.8, 4) is 10.9 Å². The van der Waals surface area contributed by atoms with E-state index in [4.69, 9.17) is 9.72 Å². The summed E-state index contributed by atoms with van der Waals surface area (Å²) in [6, 6.07) is 46.1. The maximum absolute atomic E-state index is 6.76. The van der Waals surface area contributed by atoms with E-state index in [1.165, 1.54) is 74.3 Å². The van der Waals surface area contributed by atoms with Crippen LogP contribution in [0.2, 0.25) is 0 Å². The zero-order chi connectivity index (χ0) is 29.9. The number of hydrogen-bond acceptors (Lipinski definition) is 4. The van der Waals surface area contributed by atoms with Gasteiger partial charge in [-0.3, -0.25) is 4.57 Å². The molecule has 2 unspecified atom stereocenters. The molecule has 46 heavy (non-hydrogen) atoms. The molecule has 3 aromatic heterocycles. The third-order valence-corrected chi connectivity index (χ3v) is 12.0. The van der Waals surface area contributed by atoms with Crippen LogP contribution in [0.1, 0.15) is 27.6 Å². The molecule has 0 saturated carbocycles. The van der Waals surface area contributed by atoms with E-state index in [0.717, 1.165) is 16.6 Å². The molecule has 3 nitrogen and oxygen atoms in total. The Hall–Kier alpha value is -5.23. The fraction of sp³-hybridized carbons (Fsp3) is 0.0488. The Labute approximate surface area is 272 Å². The van der Waals surface area contributed by atoms with E-state index in [0.29, 0.717) is 0 Å². The molecule has 0 bridgehead atoms. The average Bonchev–Trinajstić information content (AvgIpc) is 3.86. The van der Waals surface area contributed by atoms with Crippen LogP contribution in [0.15, 0.2) is 127 Å². The normalized spacial score (nSPS) is 17.0. The monoisotopic (exact) mass is 624 g/mol. The van der Waals surface area contributed by atoms with Gasteiger partial charge < -0.3 is 4.74 Å². The highest BCUT2D eigenvalue weighted by molar-refractivity contribution is 7.25. The number of rotatable bonds is 2. The first-order valence-electron chi connectivity index (χ1n) is 15.6. The fourth-order valence-electron chi connectivity index (χ4n) is 7.73. The summed E-state index contributed by atoms with van der Waals surface area (Å²) in [7, 11) is 0. The quantitative estimate of drug-likeness (QED) is 0.191. The van der Waals surface area contributed by atoms with Crippen molar-refractivity contribution in [2.75, 3.05) is 0 Å². The lowest BCUT2D eigenvalue weighted by atomic mass is 9.81. The summed E-state index contributed by atoms with van der Waals surface area (Å²) < 4.78 is 11.8. The second kappa shape index (κ2) is 9.16. The third-order valence-electron chi connectivity index (χ3n) is 9.81. The molecule has 0 saturated heterocycles. The van der Waals surface area contributed by atoms with Gasteiger partial charge in [-0.05, 0) is 58.8 Å². The Morgan fingerprint density at radius 3 is 2.37 bits per heavy atom. The molecule has 0 fully saturated rings. The van der Waals surface area contributed by atoms with Gasteiger partial charge in [0, 0.05) is 42.1 Å². The largest absolute Gasteiger partial charge is 0.484 e. The van der Waals surface area contributed by atoms with Gasteiger partial charge in [0.25, 0.3) is 0 Å². The Kier molecular flexibility index (Phi) is 4.98. The first kappa shape index (κ1) is 25.0. The van der Waals surface area contributed by atoms with Crippen molar-refractivity contribution in [2.45, 2.75) is 12.0 Å². The van der Waals surface area contributed by atoms with Crippen LogP contribution in [0, 0.1) is 0 Å². The molecule has 0 radical (unpaired) electrons. The lowest BCUT2D eigenvalue weighted by Gasteiger charge is -2.26. The SMILES string of the molecule is C1=C(c2ccc3ccccc3c2)C2Oc3ccccc3C2c2nc(-n3c4ccccc4c4cc5c(cc43)sc3ccccc35)sc21. The number of thiophene rings is 1. The van der Waals surface area contributed by atoms with Crippen molar-refractivity contribution in [3.05, 3.63) is 149 Å². The summed E-state index contributed by atoms with van der Waals surface area (Å²) in [5.74, 6) is 0.987. The van der Waals surface area contributed by atoms with Crippen LogP contribution >= 0.6 is 22.7 Å². The highest BCUT2D eigenvalue weighted by Gasteiger charge is 2.43. The molecule has 1 aliphatic carbocycles. The second-order valence-corrected chi connectivity index (χ2v) is 14.4. The van der Waals surface area contributed by atoms with E-state index in [1.54, 1.807) is 11.3 Å². The van der Waals surface area contributed by atoms with Gasteiger partial charge in [-0.1, -0.05) is 102 Å². The number of benzene rings is 6. The molecule has 0 N–H and O–H groups in total. The predicted octanol–water partition coefficient (Wildman–Crippen LogP) is 11.2. The van der Waals surface area contributed by atoms with E-state index in [1.807, 2.05) is 11.3 Å². The summed E-state index contributed by atoms with van der Waals surface area (Å²) >= 11 is 3.65. The first-order chi connectivity index (χ1) is 22.8. The lowest BCUT2D eigenvalue weighted by Crippen LogP contribution is -2.25. The van der Waals surface area contributed by atoms with Crippen LogP contribution in [-0.2, 0) is 0 Å². The van der Waals surface area contributed by atoms with Crippen molar-refractivity contribution < 1.29 is 4.74 Å². The Balaban J connectivity index is 1.17. The lowest BCUT2D eigenvalue weighted by molar-refractivity contribution is 0.275. The number of para-hydroxylation sites is 2. The summed E-state index contributed by atoms with van der Waals surface area (Å²) in [5.41, 5.74) is 7.11. The maximum Gasteiger partial charge on any atom is 0.195 e. The van der Waals surface area contributed by atoms with Crippen LogP contribution < -0.4 is 4.74 Å². The molecule has 0 amide bonds. The topological polar surface area (TPSA) is 27.1 Å². The maximum atomic E-state index is 6.76. The van der Waals surface area contributed by atoms with Crippen molar-refractivity contribution in [1.29, 1.82) is 0 Å². The molecule has 4 heterocycles. The molecule has 1 aliphatic heterocycles. The number of thiazole rings is 1. The highest BCUT2D eigenvalue weighted by Crippen LogP contribution is 2.52. The summed E-state index contributed by atoms with van der Waals surface area (Å²) in [4.78, 5) is 6.70. The molecule has 5 heteroatoms. The molecule has 11 rings (SSSR count). The van der Waals surface area contributed by atoms with E-state index in [-0.39, 0.29) is 12.0 Å². The smallest absolute Gasteiger partial charge is 0.195 e. The van der Waals surface area contributed by atoms with E-state index in [9.17, 15) is 0 Å². The van der Waals surface area contributed by atoms with Gasteiger partial charge in [0.1, 0.15) is 11.9 Å². The van der Waals surface area contributed by atoms with Crippen LogP contribution in [0.4, 0.5) is 0 Å². The molecule has 0 spiro atoms. The van der Waals surface area contributed by atoms with E-state index in [2.05, 4.69) is 138 Å². The number of hydrogen-bond donors (Lipinski definition) is 0. The van der Waals surface area contributed by atoms with Crippen molar-refractivity contribution in [1.82, 2.24) is 9.55 Å². The first-order valence-corrected chi connectivity index (χ1v) is 17.2. The van der Waals surface area contributed by atoms with Gasteiger partial charge in [-0.15, -0.1) is 11.3 Å². The van der Waals surface area contributed by atoms with Gasteiger partial charge in [0.05, 0.1) is 27.5 Å². The van der Waals surface area contributed by atoms with Gasteiger partial charge in [0.2, 0.25) is 0 Å². The number of aromatic nitrogens is 2. The zero-order valence-electron chi connectivity index (χ0n) is 24.5. The molecule has 216 valence electrons.